The molecular formula is C26H28N4O3S2. The number of hydrogen-bond acceptors (Lipinski definition) is 6. The van der Waals surface area contributed by atoms with E-state index in [-0.39, 0.29) is 10.8 Å². The van der Waals surface area contributed by atoms with Crippen LogP contribution in [-0.4, -0.2) is 57.9 Å². The summed E-state index contributed by atoms with van der Waals surface area (Å²) in [6, 6.07) is 22.9. The Morgan fingerprint density at radius 2 is 1.54 bits per heavy atom. The number of anilines is 2. The second-order valence-corrected chi connectivity index (χ2v) is 11.1. The van der Waals surface area contributed by atoms with Crippen LogP contribution < -0.4 is 9.21 Å². The molecule has 0 N–H and O–H groups in total. The van der Waals surface area contributed by atoms with E-state index in [1.165, 1.54) is 27.8 Å². The normalized spacial score (nSPS) is 11.7. The van der Waals surface area contributed by atoms with Crippen LogP contribution >= 0.6 is 11.3 Å². The summed E-state index contributed by atoms with van der Waals surface area (Å²) in [5.41, 5.74) is 1.85. The van der Waals surface area contributed by atoms with Crippen molar-refractivity contribution in [3.63, 3.8) is 0 Å². The fourth-order valence-corrected chi connectivity index (χ4v) is 6.16. The highest BCUT2D eigenvalue weighted by atomic mass is 32.2. The second kappa shape index (κ2) is 10.6. The maximum atomic E-state index is 13.5. The third-order valence-electron chi connectivity index (χ3n) is 5.55. The average Bonchev–Trinajstić information content (AvgIpc) is 3.29. The molecule has 7 nitrogen and oxygen atoms in total. The fraction of sp³-hybridized carbons (Fsp3) is 0.231. The van der Waals surface area contributed by atoms with E-state index < -0.39 is 10.0 Å². The van der Waals surface area contributed by atoms with Crippen LogP contribution in [-0.2, 0) is 10.0 Å². The summed E-state index contributed by atoms with van der Waals surface area (Å²) >= 11 is 1.46. The number of fused-ring (bicyclic) bond motifs is 1. The number of likely N-dealkylation sites (N-methyl/N-ethyl adjacent to an activating group) is 1. The largest absolute Gasteiger partial charge is 0.308 e. The van der Waals surface area contributed by atoms with Crippen LogP contribution in [0.1, 0.15) is 17.3 Å². The smallest absolute Gasteiger partial charge is 0.264 e. The molecule has 0 fully saturated rings. The Morgan fingerprint density at radius 3 is 2.17 bits per heavy atom. The molecule has 0 saturated heterocycles. The maximum Gasteiger partial charge on any atom is 0.264 e. The molecule has 4 rings (SSSR count). The van der Waals surface area contributed by atoms with E-state index in [1.54, 1.807) is 48.2 Å². The monoisotopic (exact) mass is 508 g/mol. The van der Waals surface area contributed by atoms with Crippen LogP contribution in [0.25, 0.3) is 10.2 Å². The number of amides is 1. The summed E-state index contributed by atoms with van der Waals surface area (Å²) < 4.78 is 29.0. The van der Waals surface area contributed by atoms with E-state index in [1.807, 2.05) is 49.3 Å². The number of hydrogen-bond donors (Lipinski definition) is 0. The lowest BCUT2D eigenvalue weighted by Gasteiger charge is -2.24. The molecular weight excluding hydrogens is 480 g/mol. The van der Waals surface area contributed by atoms with Crippen molar-refractivity contribution in [3.05, 3.63) is 84.4 Å². The number of benzene rings is 3. The highest BCUT2D eigenvalue weighted by Crippen LogP contribution is 2.30. The van der Waals surface area contributed by atoms with Gasteiger partial charge in [0, 0.05) is 25.2 Å². The van der Waals surface area contributed by atoms with E-state index in [9.17, 15) is 13.2 Å². The van der Waals surface area contributed by atoms with Crippen LogP contribution in [0.4, 0.5) is 10.8 Å². The molecule has 182 valence electrons. The number of carbonyl (C=O) groups is 1. The molecule has 1 amide bonds. The highest BCUT2D eigenvalue weighted by molar-refractivity contribution is 7.92. The number of carbonyl (C=O) groups excluding carboxylic acids is 1. The quantitative estimate of drug-likeness (QED) is 0.327. The summed E-state index contributed by atoms with van der Waals surface area (Å²) in [7, 11) is 0.136. The zero-order valence-corrected chi connectivity index (χ0v) is 21.6. The zero-order valence-electron chi connectivity index (χ0n) is 20.0. The van der Waals surface area contributed by atoms with Crippen molar-refractivity contribution in [1.82, 2.24) is 9.88 Å². The van der Waals surface area contributed by atoms with Gasteiger partial charge in [-0.3, -0.25) is 14.0 Å². The van der Waals surface area contributed by atoms with Crippen molar-refractivity contribution in [2.75, 3.05) is 42.9 Å². The minimum absolute atomic E-state index is 0.139. The van der Waals surface area contributed by atoms with Crippen molar-refractivity contribution in [1.29, 1.82) is 0 Å². The molecule has 0 aliphatic rings. The van der Waals surface area contributed by atoms with Gasteiger partial charge in [0.05, 0.1) is 20.8 Å². The molecule has 3 aromatic carbocycles. The van der Waals surface area contributed by atoms with E-state index in [2.05, 4.69) is 4.98 Å². The summed E-state index contributed by atoms with van der Waals surface area (Å²) in [6.07, 6.45) is 0. The Kier molecular flexibility index (Phi) is 7.49. The predicted molar refractivity (Wildman–Crippen MR) is 143 cm³/mol. The van der Waals surface area contributed by atoms with Crippen molar-refractivity contribution in [3.8, 4) is 0 Å². The Bertz CT molecular complexity index is 1370. The van der Waals surface area contributed by atoms with Gasteiger partial charge in [0.25, 0.3) is 15.9 Å². The first kappa shape index (κ1) is 24.8. The van der Waals surface area contributed by atoms with Gasteiger partial charge in [0.1, 0.15) is 0 Å². The first-order chi connectivity index (χ1) is 16.8. The summed E-state index contributed by atoms with van der Waals surface area (Å²) in [5, 5.41) is 0.621. The second-order valence-electron chi connectivity index (χ2n) is 8.25. The van der Waals surface area contributed by atoms with E-state index in [4.69, 9.17) is 0 Å². The first-order valence-electron chi connectivity index (χ1n) is 11.3. The predicted octanol–water partition coefficient (Wildman–Crippen LogP) is 4.72. The molecule has 0 spiro atoms. The molecule has 0 aliphatic heterocycles. The van der Waals surface area contributed by atoms with Crippen molar-refractivity contribution in [2.45, 2.75) is 11.8 Å². The zero-order chi connectivity index (χ0) is 25.0. The number of nitrogens with zero attached hydrogens (tertiary/aromatic N) is 4. The lowest BCUT2D eigenvalue weighted by molar-refractivity contribution is 0.0985. The summed E-state index contributed by atoms with van der Waals surface area (Å²) in [6.45, 7) is 3.21. The first-order valence-corrected chi connectivity index (χ1v) is 13.6. The molecule has 0 unspecified atom stereocenters. The van der Waals surface area contributed by atoms with Gasteiger partial charge in [-0.05, 0) is 69.6 Å². The Morgan fingerprint density at radius 1 is 0.886 bits per heavy atom. The van der Waals surface area contributed by atoms with Crippen LogP contribution in [0.5, 0.6) is 0 Å². The third kappa shape index (κ3) is 5.37. The van der Waals surface area contributed by atoms with Gasteiger partial charge in [-0.25, -0.2) is 13.4 Å². The molecule has 35 heavy (non-hydrogen) atoms. The molecule has 1 aromatic heterocycles. The Labute approximate surface area is 210 Å². The van der Waals surface area contributed by atoms with Gasteiger partial charge in [0.15, 0.2) is 5.13 Å². The fourth-order valence-electron chi connectivity index (χ4n) is 3.70. The molecule has 1 heterocycles. The van der Waals surface area contributed by atoms with E-state index in [0.29, 0.717) is 36.0 Å². The van der Waals surface area contributed by atoms with Gasteiger partial charge in [0.2, 0.25) is 0 Å². The summed E-state index contributed by atoms with van der Waals surface area (Å²) in [4.78, 5) is 22.0. The molecule has 4 aromatic rings. The molecule has 0 radical (unpaired) electrons. The number of para-hydroxylation sites is 2. The van der Waals surface area contributed by atoms with Crippen LogP contribution in [0.15, 0.2) is 83.8 Å². The standard InChI is InChI=1S/C26H28N4O3S2/c1-4-30(21-10-6-5-7-11-21)35(32,33)22-16-14-20(15-17-22)25(31)29(19-18-28(2)3)26-27-23-12-8-9-13-24(23)34-26/h5-17H,4,18-19H2,1-3H3. The number of rotatable bonds is 9. The molecule has 0 atom stereocenters. The average molecular weight is 509 g/mol. The molecule has 0 aliphatic carbocycles. The number of sulfonamides is 1. The SMILES string of the molecule is CCN(c1ccccc1)S(=O)(=O)c1ccc(C(=O)N(CCN(C)C)c2nc3ccccc3s2)cc1. The van der Waals surface area contributed by atoms with Gasteiger partial charge in [-0.2, -0.15) is 0 Å². The Hall–Kier alpha value is -3.27. The van der Waals surface area contributed by atoms with Gasteiger partial charge < -0.3 is 4.90 Å². The highest BCUT2D eigenvalue weighted by Gasteiger charge is 2.25. The third-order valence-corrected chi connectivity index (χ3v) is 8.53. The van der Waals surface area contributed by atoms with Gasteiger partial charge in [-0.1, -0.05) is 41.7 Å². The molecule has 0 saturated carbocycles. The van der Waals surface area contributed by atoms with Crippen LogP contribution in [0.3, 0.4) is 0 Å². The number of aromatic nitrogens is 1. The van der Waals surface area contributed by atoms with Crippen LogP contribution in [0.2, 0.25) is 0 Å². The topological polar surface area (TPSA) is 73.8 Å². The van der Waals surface area contributed by atoms with E-state index in [0.717, 1.165) is 10.2 Å². The molecule has 9 heteroatoms. The lowest BCUT2D eigenvalue weighted by Crippen LogP contribution is -2.36. The minimum Gasteiger partial charge on any atom is -0.308 e. The van der Waals surface area contributed by atoms with Crippen LogP contribution in [0, 0.1) is 0 Å². The maximum absolute atomic E-state index is 13.5. The number of thiazole rings is 1. The minimum atomic E-state index is -3.77. The lowest BCUT2D eigenvalue weighted by atomic mass is 10.2. The molecule has 0 bridgehead atoms. The van der Waals surface area contributed by atoms with E-state index >= 15 is 0 Å². The van der Waals surface area contributed by atoms with Gasteiger partial charge >= 0.3 is 0 Å². The summed E-state index contributed by atoms with van der Waals surface area (Å²) in [5.74, 6) is -0.217. The van der Waals surface area contributed by atoms with Crippen molar-refractivity contribution in [2.24, 2.45) is 0 Å². The Balaban J connectivity index is 1.63. The van der Waals surface area contributed by atoms with Crippen molar-refractivity contribution >= 4 is 48.3 Å². The van der Waals surface area contributed by atoms with Gasteiger partial charge in [-0.15, -0.1) is 0 Å². The van der Waals surface area contributed by atoms with Crippen molar-refractivity contribution < 1.29 is 13.2 Å².